The smallest absolute Gasteiger partial charge is 0.0837 e. The SMILES string of the molecule is C[C@H](NCC(C#N)c1ccccc1)c1ccccc1Cl. The zero-order valence-electron chi connectivity index (χ0n) is 11.4. The van der Waals surface area contributed by atoms with Crippen LogP contribution in [-0.4, -0.2) is 6.54 Å². The van der Waals surface area contributed by atoms with E-state index in [4.69, 9.17) is 11.6 Å². The molecule has 20 heavy (non-hydrogen) atoms. The van der Waals surface area contributed by atoms with Crippen molar-refractivity contribution in [2.75, 3.05) is 6.54 Å². The number of hydrogen-bond acceptors (Lipinski definition) is 2. The minimum absolute atomic E-state index is 0.114. The van der Waals surface area contributed by atoms with E-state index in [0.29, 0.717) is 6.54 Å². The first-order valence-electron chi connectivity index (χ1n) is 6.64. The zero-order chi connectivity index (χ0) is 14.4. The molecule has 0 radical (unpaired) electrons. The zero-order valence-corrected chi connectivity index (χ0v) is 12.1. The van der Waals surface area contributed by atoms with Crippen molar-refractivity contribution in [3.05, 3.63) is 70.7 Å². The molecule has 3 heteroatoms. The third-order valence-corrected chi connectivity index (χ3v) is 3.70. The highest BCUT2D eigenvalue weighted by atomic mass is 35.5. The van der Waals surface area contributed by atoms with Gasteiger partial charge in [-0.2, -0.15) is 5.26 Å². The molecule has 0 aliphatic rings. The van der Waals surface area contributed by atoms with Crippen LogP contribution in [0.3, 0.4) is 0 Å². The molecule has 0 bridgehead atoms. The van der Waals surface area contributed by atoms with E-state index in [1.165, 1.54) is 0 Å². The van der Waals surface area contributed by atoms with Gasteiger partial charge in [-0.1, -0.05) is 60.1 Å². The van der Waals surface area contributed by atoms with Gasteiger partial charge in [0.15, 0.2) is 0 Å². The molecule has 2 aromatic carbocycles. The Morgan fingerprint density at radius 1 is 1.10 bits per heavy atom. The summed E-state index contributed by atoms with van der Waals surface area (Å²) >= 11 is 6.18. The van der Waals surface area contributed by atoms with Crippen molar-refractivity contribution in [3.63, 3.8) is 0 Å². The standard InChI is InChI=1S/C17H17ClN2/c1-13(16-9-5-6-10-17(16)18)20-12-15(11-19)14-7-3-2-4-8-14/h2-10,13,15,20H,12H2,1H3/t13-,15?/m0/s1. The average molecular weight is 285 g/mol. The lowest BCUT2D eigenvalue weighted by Crippen LogP contribution is -2.24. The molecule has 0 amide bonds. The summed E-state index contributed by atoms with van der Waals surface area (Å²) in [4.78, 5) is 0. The van der Waals surface area contributed by atoms with Gasteiger partial charge < -0.3 is 5.32 Å². The first kappa shape index (κ1) is 14.6. The van der Waals surface area contributed by atoms with E-state index < -0.39 is 0 Å². The van der Waals surface area contributed by atoms with Crippen LogP contribution in [0.2, 0.25) is 5.02 Å². The van der Waals surface area contributed by atoms with E-state index in [1.807, 2.05) is 54.6 Å². The molecule has 0 heterocycles. The van der Waals surface area contributed by atoms with Crippen molar-refractivity contribution in [3.8, 4) is 6.07 Å². The Kier molecular flexibility index (Phi) is 5.17. The van der Waals surface area contributed by atoms with Crippen molar-refractivity contribution in [2.45, 2.75) is 18.9 Å². The van der Waals surface area contributed by atoms with Crippen LogP contribution >= 0.6 is 11.6 Å². The quantitative estimate of drug-likeness (QED) is 0.889. The largest absolute Gasteiger partial charge is 0.308 e. The summed E-state index contributed by atoms with van der Waals surface area (Å²) < 4.78 is 0. The van der Waals surface area contributed by atoms with Crippen molar-refractivity contribution >= 4 is 11.6 Å². The Balaban J connectivity index is 2.01. The Morgan fingerprint density at radius 3 is 2.40 bits per heavy atom. The summed E-state index contributed by atoms with van der Waals surface area (Å²) in [6, 6.07) is 20.1. The van der Waals surface area contributed by atoms with Gasteiger partial charge in [0.05, 0.1) is 12.0 Å². The second-order valence-electron chi connectivity index (χ2n) is 4.74. The Labute approximate surface area is 125 Å². The molecule has 0 fully saturated rings. The predicted molar refractivity (Wildman–Crippen MR) is 82.7 cm³/mol. The van der Waals surface area contributed by atoms with Crippen LogP contribution in [-0.2, 0) is 0 Å². The number of benzene rings is 2. The summed E-state index contributed by atoms with van der Waals surface area (Å²) in [6.07, 6.45) is 0. The summed E-state index contributed by atoms with van der Waals surface area (Å²) in [7, 11) is 0. The normalized spacial score (nSPS) is 13.4. The third-order valence-electron chi connectivity index (χ3n) is 3.36. The molecule has 2 nitrogen and oxygen atoms in total. The maximum atomic E-state index is 9.30. The summed E-state index contributed by atoms with van der Waals surface area (Å²) in [5, 5.41) is 13.4. The molecule has 0 spiro atoms. The van der Waals surface area contributed by atoms with Crippen LogP contribution < -0.4 is 5.32 Å². The Morgan fingerprint density at radius 2 is 1.75 bits per heavy atom. The molecule has 102 valence electrons. The molecular formula is C17H17ClN2. The van der Waals surface area contributed by atoms with Gasteiger partial charge >= 0.3 is 0 Å². The van der Waals surface area contributed by atoms with Crippen molar-refractivity contribution in [1.29, 1.82) is 5.26 Å². The fraction of sp³-hybridized carbons (Fsp3) is 0.235. The predicted octanol–water partition coefficient (Wildman–Crippen LogP) is 4.30. The first-order valence-corrected chi connectivity index (χ1v) is 7.02. The van der Waals surface area contributed by atoms with Crippen LogP contribution in [0.5, 0.6) is 0 Å². The van der Waals surface area contributed by atoms with Crippen molar-refractivity contribution in [1.82, 2.24) is 5.32 Å². The monoisotopic (exact) mass is 284 g/mol. The number of nitriles is 1. The Hall–Kier alpha value is -1.82. The third kappa shape index (κ3) is 3.60. The van der Waals surface area contributed by atoms with Crippen LogP contribution in [0.15, 0.2) is 54.6 Å². The second-order valence-corrected chi connectivity index (χ2v) is 5.15. The Bertz CT molecular complexity index is 589. The lowest BCUT2D eigenvalue weighted by molar-refractivity contribution is 0.558. The maximum absolute atomic E-state index is 9.30. The second kappa shape index (κ2) is 7.09. The molecule has 0 aliphatic carbocycles. The summed E-state index contributed by atoms with van der Waals surface area (Å²) in [5.74, 6) is -0.152. The molecule has 2 atom stereocenters. The molecule has 2 rings (SSSR count). The molecule has 1 N–H and O–H groups in total. The van der Waals surface area contributed by atoms with E-state index in [-0.39, 0.29) is 12.0 Å². The number of nitrogens with zero attached hydrogens (tertiary/aromatic N) is 1. The fourth-order valence-electron chi connectivity index (χ4n) is 2.15. The number of nitrogens with one attached hydrogen (secondary N) is 1. The fourth-order valence-corrected chi connectivity index (χ4v) is 2.45. The summed E-state index contributed by atoms with van der Waals surface area (Å²) in [6.45, 7) is 2.66. The van der Waals surface area contributed by atoms with Gasteiger partial charge in [-0.3, -0.25) is 0 Å². The number of halogens is 1. The minimum atomic E-state index is -0.152. The van der Waals surface area contributed by atoms with E-state index >= 15 is 0 Å². The molecule has 0 aromatic heterocycles. The average Bonchev–Trinajstić information content (AvgIpc) is 2.49. The van der Waals surface area contributed by atoms with Gasteiger partial charge in [0.25, 0.3) is 0 Å². The van der Waals surface area contributed by atoms with Gasteiger partial charge in [0.2, 0.25) is 0 Å². The lowest BCUT2D eigenvalue weighted by Gasteiger charge is -2.18. The van der Waals surface area contributed by atoms with E-state index in [2.05, 4.69) is 18.3 Å². The van der Waals surface area contributed by atoms with Crippen LogP contribution in [0.25, 0.3) is 0 Å². The van der Waals surface area contributed by atoms with E-state index in [1.54, 1.807) is 0 Å². The highest BCUT2D eigenvalue weighted by molar-refractivity contribution is 6.31. The van der Waals surface area contributed by atoms with Crippen LogP contribution in [0, 0.1) is 11.3 Å². The van der Waals surface area contributed by atoms with Gasteiger partial charge in [0, 0.05) is 17.6 Å². The van der Waals surface area contributed by atoms with E-state index in [0.717, 1.165) is 16.1 Å². The molecule has 2 aromatic rings. The molecule has 1 unspecified atom stereocenters. The first-order chi connectivity index (χ1) is 9.72. The molecular weight excluding hydrogens is 268 g/mol. The van der Waals surface area contributed by atoms with E-state index in [9.17, 15) is 5.26 Å². The highest BCUT2D eigenvalue weighted by Crippen LogP contribution is 2.23. The van der Waals surface area contributed by atoms with Gasteiger partial charge in [-0.05, 0) is 24.1 Å². The highest BCUT2D eigenvalue weighted by Gasteiger charge is 2.13. The van der Waals surface area contributed by atoms with Gasteiger partial charge in [0.1, 0.15) is 0 Å². The van der Waals surface area contributed by atoms with Gasteiger partial charge in [-0.25, -0.2) is 0 Å². The van der Waals surface area contributed by atoms with Gasteiger partial charge in [-0.15, -0.1) is 0 Å². The topological polar surface area (TPSA) is 35.8 Å². The summed E-state index contributed by atoms with van der Waals surface area (Å²) in [5.41, 5.74) is 2.09. The molecule has 0 aliphatic heterocycles. The lowest BCUT2D eigenvalue weighted by atomic mass is 10.00. The van der Waals surface area contributed by atoms with Crippen LogP contribution in [0.4, 0.5) is 0 Å². The molecule has 0 saturated heterocycles. The molecule has 0 saturated carbocycles. The van der Waals surface area contributed by atoms with Crippen LogP contribution in [0.1, 0.15) is 30.0 Å². The maximum Gasteiger partial charge on any atom is 0.0837 e. The number of rotatable bonds is 5. The number of hydrogen-bond donors (Lipinski definition) is 1. The van der Waals surface area contributed by atoms with Crippen molar-refractivity contribution in [2.24, 2.45) is 0 Å². The minimum Gasteiger partial charge on any atom is -0.308 e. The van der Waals surface area contributed by atoms with Crippen molar-refractivity contribution < 1.29 is 0 Å².